The van der Waals surface area contributed by atoms with Crippen LogP contribution in [-0.4, -0.2) is 28.3 Å². The molecule has 0 spiro atoms. The van der Waals surface area contributed by atoms with Crippen LogP contribution < -0.4 is 5.32 Å². The van der Waals surface area contributed by atoms with Gasteiger partial charge in [-0.05, 0) is 49.4 Å². The van der Waals surface area contributed by atoms with Gasteiger partial charge in [0.2, 0.25) is 0 Å². The van der Waals surface area contributed by atoms with Gasteiger partial charge in [0.1, 0.15) is 0 Å². The average molecular weight is 344 g/mol. The van der Waals surface area contributed by atoms with Crippen LogP contribution in [0.5, 0.6) is 0 Å². The molecule has 2 rings (SSSR count). The van der Waals surface area contributed by atoms with E-state index in [2.05, 4.69) is 52.4 Å². The highest BCUT2D eigenvalue weighted by Gasteiger charge is 2.29. The van der Waals surface area contributed by atoms with E-state index in [4.69, 9.17) is 0 Å². The first-order valence-electron chi connectivity index (χ1n) is 6.87. The summed E-state index contributed by atoms with van der Waals surface area (Å²) in [6.45, 7) is 3.04. The minimum absolute atomic E-state index is 0.299. The highest BCUT2D eigenvalue weighted by molar-refractivity contribution is 9.10. The fourth-order valence-corrected chi connectivity index (χ4v) is 3.34. The van der Waals surface area contributed by atoms with E-state index in [0.29, 0.717) is 17.2 Å². The molecular weight excluding hydrogens is 322 g/mol. The molecule has 1 aromatic rings. The summed E-state index contributed by atoms with van der Waals surface area (Å²) in [7, 11) is -0.694. The van der Waals surface area contributed by atoms with E-state index >= 15 is 0 Å². The maximum Gasteiger partial charge on any atom is 0.0329 e. The second-order valence-corrected chi connectivity index (χ2v) is 8.19. The topological polar surface area (TPSA) is 29.1 Å². The molecule has 0 radical (unpaired) electrons. The predicted octanol–water partition coefficient (Wildman–Crippen LogP) is 3.44. The summed E-state index contributed by atoms with van der Waals surface area (Å²) >= 11 is 3.53. The maximum atomic E-state index is 11.3. The number of halogens is 1. The van der Waals surface area contributed by atoms with Crippen LogP contribution in [0.1, 0.15) is 37.7 Å². The van der Waals surface area contributed by atoms with E-state index in [-0.39, 0.29) is 0 Å². The summed E-state index contributed by atoms with van der Waals surface area (Å²) in [5.41, 5.74) is 1.44. The monoisotopic (exact) mass is 343 g/mol. The Morgan fingerprint density at radius 1 is 1.47 bits per heavy atom. The van der Waals surface area contributed by atoms with Crippen LogP contribution in [0.4, 0.5) is 0 Å². The van der Waals surface area contributed by atoms with Crippen LogP contribution in [-0.2, 0) is 10.8 Å². The Bertz CT molecular complexity index is 446. The predicted molar refractivity (Wildman–Crippen MR) is 86.1 cm³/mol. The molecule has 19 heavy (non-hydrogen) atoms. The normalized spacial score (nSPS) is 25.6. The van der Waals surface area contributed by atoms with Crippen LogP contribution >= 0.6 is 15.9 Å². The fraction of sp³-hybridized carbons (Fsp3) is 0.600. The minimum atomic E-state index is -0.694. The van der Waals surface area contributed by atoms with Gasteiger partial charge in [-0.1, -0.05) is 35.0 Å². The average Bonchev–Trinajstić information content (AvgIpc) is 2.31. The number of hydrogen-bond acceptors (Lipinski definition) is 2. The van der Waals surface area contributed by atoms with Crippen molar-refractivity contribution in [3.8, 4) is 0 Å². The zero-order chi connectivity index (χ0) is 13.8. The third-order valence-electron chi connectivity index (χ3n) is 4.01. The molecule has 106 valence electrons. The second-order valence-electron chi connectivity index (χ2n) is 5.47. The molecule has 0 aromatic heterocycles. The van der Waals surface area contributed by atoms with Crippen molar-refractivity contribution in [2.24, 2.45) is 0 Å². The molecule has 1 N–H and O–H groups in total. The first-order chi connectivity index (χ1) is 9.06. The Morgan fingerprint density at radius 2 is 2.21 bits per heavy atom. The van der Waals surface area contributed by atoms with Gasteiger partial charge in [0, 0.05) is 32.8 Å². The van der Waals surface area contributed by atoms with Crippen LogP contribution in [0.25, 0.3) is 0 Å². The molecule has 0 amide bonds. The second kappa shape index (κ2) is 7.00. The van der Waals surface area contributed by atoms with Gasteiger partial charge in [-0.15, -0.1) is 0 Å². The van der Waals surface area contributed by atoms with E-state index in [1.807, 2.05) is 0 Å². The van der Waals surface area contributed by atoms with Crippen LogP contribution in [0, 0.1) is 0 Å². The summed E-state index contributed by atoms with van der Waals surface area (Å²) in [4.78, 5) is 0. The van der Waals surface area contributed by atoms with Crippen molar-refractivity contribution < 1.29 is 4.21 Å². The Labute approximate surface area is 127 Å². The summed E-state index contributed by atoms with van der Waals surface area (Å²) in [5.74, 6) is 0.702. The van der Waals surface area contributed by atoms with Gasteiger partial charge in [-0.2, -0.15) is 0 Å². The molecule has 1 fully saturated rings. The third kappa shape index (κ3) is 4.40. The molecule has 1 aromatic carbocycles. The zero-order valence-corrected chi connectivity index (χ0v) is 14.0. The smallest absolute Gasteiger partial charge is 0.0329 e. The Balaban J connectivity index is 1.68. The van der Waals surface area contributed by atoms with Crippen LogP contribution in [0.3, 0.4) is 0 Å². The molecule has 0 aliphatic heterocycles. The first-order valence-corrected chi connectivity index (χ1v) is 9.28. The van der Waals surface area contributed by atoms with Crippen molar-refractivity contribution >= 4 is 26.7 Å². The largest absolute Gasteiger partial charge is 0.314 e. The molecule has 0 bridgehead atoms. The lowest BCUT2D eigenvalue weighted by atomic mass is 9.76. The quantitative estimate of drug-likeness (QED) is 0.857. The summed E-state index contributed by atoms with van der Waals surface area (Å²) in [5, 5.41) is 3.87. The number of rotatable bonds is 6. The van der Waals surface area contributed by atoms with Crippen molar-refractivity contribution in [3.63, 3.8) is 0 Å². The highest BCUT2D eigenvalue weighted by atomic mass is 79.9. The molecule has 0 saturated heterocycles. The number of benzene rings is 1. The molecule has 1 saturated carbocycles. The molecule has 2 unspecified atom stereocenters. The van der Waals surface area contributed by atoms with Gasteiger partial charge in [0.25, 0.3) is 0 Å². The van der Waals surface area contributed by atoms with E-state index in [1.165, 1.54) is 22.9 Å². The van der Waals surface area contributed by atoms with E-state index in [1.54, 1.807) is 6.26 Å². The lowest BCUT2D eigenvalue weighted by molar-refractivity contribution is 0.290. The molecule has 1 aliphatic rings. The van der Waals surface area contributed by atoms with E-state index in [9.17, 15) is 4.21 Å². The number of nitrogens with one attached hydrogen (secondary N) is 1. The van der Waals surface area contributed by atoms with Gasteiger partial charge in [0.15, 0.2) is 0 Å². The van der Waals surface area contributed by atoms with Crippen molar-refractivity contribution in [2.75, 3.05) is 12.8 Å². The molecule has 4 heteroatoms. The Hall–Kier alpha value is -0.190. The van der Waals surface area contributed by atoms with Gasteiger partial charge in [0.05, 0.1) is 0 Å². The van der Waals surface area contributed by atoms with Crippen molar-refractivity contribution in [3.05, 3.63) is 34.3 Å². The zero-order valence-electron chi connectivity index (χ0n) is 11.6. The van der Waals surface area contributed by atoms with E-state index in [0.717, 1.165) is 13.0 Å². The van der Waals surface area contributed by atoms with Gasteiger partial charge in [-0.3, -0.25) is 4.21 Å². The lowest BCUT2D eigenvalue weighted by Crippen LogP contribution is -2.41. The third-order valence-corrected chi connectivity index (χ3v) is 5.87. The molecule has 1 aliphatic carbocycles. The van der Waals surface area contributed by atoms with Crippen LogP contribution in [0.15, 0.2) is 28.7 Å². The van der Waals surface area contributed by atoms with Crippen molar-refractivity contribution in [1.82, 2.24) is 5.32 Å². The standard InChI is InChI=1S/C15H22BrNOS/c1-11(19(2)18)6-7-17-15-9-13(10-15)12-4-3-5-14(16)8-12/h3-5,8,11,13,15,17H,6-7,9-10H2,1-2H3. The molecule has 2 atom stereocenters. The Morgan fingerprint density at radius 3 is 2.84 bits per heavy atom. The van der Waals surface area contributed by atoms with Crippen molar-refractivity contribution in [2.45, 2.75) is 43.4 Å². The van der Waals surface area contributed by atoms with Gasteiger partial charge < -0.3 is 5.32 Å². The van der Waals surface area contributed by atoms with Gasteiger partial charge in [-0.25, -0.2) is 0 Å². The summed E-state index contributed by atoms with van der Waals surface area (Å²) < 4.78 is 12.4. The van der Waals surface area contributed by atoms with Crippen molar-refractivity contribution in [1.29, 1.82) is 0 Å². The molecule has 2 nitrogen and oxygen atoms in total. The molecule has 0 heterocycles. The Kier molecular flexibility index (Phi) is 5.60. The number of hydrogen-bond donors (Lipinski definition) is 1. The molecular formula is C15H22BrNOS. The first kappa shape index (κ1) is 15.2. The fourth-order valence-electron chi connectivity index (χ4n) is 2.47. The summed E-state index contributed by atoms with van der Waals surface area (Å²) in [6.07, 6.45) is 5.23. The maximum absolute atomic E-state index is 11.3. The van der Waals surface area contributed by atoms with E-state index < -0.39 is 10.8 Å². The highest BCUT2D eigenvalue weighted by Crippen LogP contribution is 2.37. The van der Waals surface area contributed by atoms with Crippen LogP contribution in [0.2, 0.25) is 0 Å². The summed E-state index contributed by atoms with van der Waals surface area (Å²) in [6, 6.07) is 9.26. The minimum Gasteiger partial charge on any atom is -0.314 e. The SMILES string of the molecule is CC(CCNC1CC(c2cccc(Br)c2)C1)S(C)=O. The lowest BCUT2D eigenvalue weighted by Gasteiger charge is -2.36. The van der Waals surface area contributed by atoms with Gasteiger partial charge >= 0.3 is 0 Å².